The molecule has 2 N–H and O–H groups in total. The van der Waals surface area contributed by atoms with E-state index in [4.69, 9.17) is 0 Å². The summed E-state index contributed by atoms with van der Waals surface area (Å²) >= 11 is 0. The zero-order chi connectivity index (χ0) is 13.0. The fraction of sp³-hybridized carbons (Fsp3) is 0.429. The molecule has 2 aromatic rings. The van der Waals surface area contributed by atoms with E-state index in [1.54, 1.807) is 0 Å². The quantitative estimate of drug-likeness (QED) is 0.604. The van der Waals surface area contributed by atoms with Crippen LogP contribution >= 0.6 is 0 Å². The average molecular weight is 257 g/mol. The molecule has 1 aliphatic carbocycles. The Labute approximate surface area is 110 Å². The molecule has 5 heteroatoms. The predicted octanol–water partition coefficient (Wildman–Crippen LogP) is 1.81. The number of fused-ring (bicyclic) bond motifs is 2. The Kier molecular flexibility index (Phi) is 2.20. The van der Waals surface area contributed by atoms with Crippen molar-refractivity contribution in [3.8, 4) is 0 Å². The maximum atomic E-state index is 11.0. The van der Waals surface area contributed by atoms with E-state index in [0.717, 1.165) is 11.9 Å². The van der Waals surface area contributed by atoms with Gasteiger partial charge in [-0.25, -0.2) is 0 Å². The minimum atomic E-state index is -0.461. The Hall–Kier alpha value is -1.88. The molecule has 1 aromatic carbocycles. The first-order valence-corrected chi connectivity index (χ1v) is 6.70. The van der Waals surface area contributed by atoms with E-state index in [2.05, 4.69) is 28.6 Å². The van der Waals surface area contributed by atoms with E-state index in [9.17, 15) is 10.1 Å². The number of hydrogen-bond donors (Lipinski definition) is 2. The Bertz CT molecular complexity index is 664. The van der Waals surface area contributed by atoms with Crippen LogP contribution in [0.5, 0.6) is 0 Å². The van der Waals surface area contributed by atoms with Crippen LogP contribution in [-0.2, 0) is 6.42 Å². The number of nitrogens with zero attached hydrogens (tertiary/aromatic N) is 1. The molecule has 4 rings (SSSR count). The number of piperidine rings is 1. The lowest BCUT2D eigenvalue weighted by Gasteiger charge is -2.37. The van der Waals surface area contributed by atoms with Crippen LogP contribution in [0, 0.1) is 10.1 Å². The Morgan fingerprint density at radius 1 is 1.37 bits per heavy atom. The Morgan fingerprint density at radius 2 is 2.26 bits per heavy atom. The Morgan fingerprint density at radius 3 is 3.11 bits per heavy atom. The summed E-state index contributed by atoms with van der Waals surface area (Å²) in [5, 5.41) is 15.7. The molecule has 0 amide bonds. The van der Waals surface area contributed by atoms with Gasteiger partial charge in [-0.05, 0) is 23.6 Å². The molecule has 2 heterocycles. The molecule has 0 saturated carbocycles. The van der Waals surface area contributed by atoms with Crippen LogP contribution in [0.1, 0.15) is 23.5 Å². The number of nitro groups is 1. The summed E-state index contributed by atoms with van der Waals surface area (Å²) in [5.41, 5.74) is 3.75. The van der Waals surface area contributed by atoms with Crippen molar-refractivity contribution < 1.29 is 4.92 Å². The molecule has 98 valence electrons. The lowest BCUT2D eigenvalue weighted by atomic mass is 9.75. The van der Waals surface area contributed by atoms with E-state index < -0.39 is 6.04 Å². The zero-order valence-electron chi connectivity index (χ0n) is 10.4. The summed E-state index contributed by atoms with van der Waals surface area (Å²) in [6.45, 7) is 0.490. The molecular weight excluding hydrogens is 242 g/mol. The zero-order valence-corrected chi connectivity index (χ0v) is 10.4. The number of H-pyrrole nitrogens is 1. The SMILES string of the molecule is O=[N+]([O-])C1CN[C@@H]2Cc3c[nH]c4cccc(c34)[C@H]2C1. The van der Waals surface area contributed by atoms with Gasteiger partial charge in [0.25, 0.3) is 0 Å². The third kappa shape index (κ3) is 1.51. The minimum absolute atomic E-state index is 0.143. The van der Waals surface area contributed by atoms with Gasteiger partial charge in [0.15, 0.2) is 0 Å². The Balaban J connectivity index is 1.82. The third-order valence-electron chi connectivity index (χ3n) is 4.58. The molecule has 0 bridgehead atoms. The van der Waals surface area contributed by atoms with Gasteiger partial charge in [-0.3, -0.25) is 10.1 Å². The average Bonchev–Trinajstić information content (AvgIpc) is 2.83. The number of nitrogens with one attached hydrogen (secondary N) is 2. The van der Waals surface area contributed by atoms with Gasteiger partial charge in [0.1, 0.15) is 0 Å². The number of hydrogen-bond acceptors (Lipinski definition) is 3. The highest BCUT2D eigenvalue weighted by Gasteiger charge is 2.40. The van der Waals surface area contributed by atoms with Crippen molar-refractivity contribution in [2.45, 2.75) is 30.8 Å². The number of rotatable bonds is 1. The third-order valence-corrected chi connectivity index (χ3v) is 4.58. The van der Waals surface area contributed by atoms with Crippen LogP contribution in [0.15, 0.2) is 24.4 Å². The van der Waals surface area contributed by atoms with E-state index >= 15 is 0 Å². The molecule has 3 atom stereocenters. The highest BCUT2D eigenvalue weighted by molar-refractivity contribution is 5.88. The van der Waals surface area contributed by atoms with Crippen LogP contribution in [0.3, 0.4) is 0 Å². The van der Waals surface area contributed by atoms with Gasteiger partial charge in [0, 0.05) is 40.4 Å². The van der Waals surface area contributed by atoms with Crippen LogP contribution < -0.4 is 5.32 Å². The van der Waals surface area contributed by atoms with Crippen molar-refractivity contribution in [2.75, 3.05) is 6.54 Å². The minimum Gasteiger partial charge on any atom is -0.361 e. The standard InChI is InChI=1S/C14H15N3O2/c18-17(19)9-5-11-10-2-1-3-12-14(10)8(6-15-12)4-13(11)16-7-9/h1-3,6,9,11,13,15-16H,4-5,7H2/t9?,11-,13-/m1/s1. The van der Waals surface area contributed by atoms with Crippen molar-refractivity contribution >= 4 is 10.9 Å². The maximum Gasteiger partial charge on any atom is 0.226 e. The molecule has 1 aliphatic heterocycles. The lowest BCUT2D eigenvalue weighted by molar-refractivity contribution is -0.524. The highest BCUT2D eigenvalue weighted by atomic mass is 16.6. The van der Waals surface area contributed by atoms with Crippen LogP contribution in [-0.4, -0.2) is 28.5 Å². The second-order valence-corrected chi connectivity index (χ2v) is 5.58. The van der Waals surface area contributed by atoms with Crippen molar-refractivity contribution in [2.24, 2.45) is 0 Å². The molecule has 5 nitrogen and oxygen atoms in total. The lowest BCUT2D eigenvalue weighted by Crippen LogP contribution is -2.50. The second kappa shape index (κ2) is 3.81. The van der Waals surface area contributed by atoms with E-state index in [0.29, 0.717) is 19.0 Å². The fourth-order valence-corrected chi connectivity index (χ4v) is 3.68. The monoisotopic (exact) mass is 257 g/mol. The largest absolute Gasteiger partial charge is 0.361 e. The van der Waals surface area contributed by atoms with E-state index in [1.807, 2.05) is 6.07 Å². The first kappa shape index (κ1) is 11.0. The first-order chi connectivity index (χ1) is 9.24. The smallest absolute Gasteiger partial charge is 0.226 e. The fourth-order valence-electron chi connectivity index (χ4n) is 3.68. The van der Waals surface area contributed by atoms with Gasteiger partial charge < -0.3 is 10.3 Å². The van der Waals surface area contributed by atoms with Gasteiger partial charge in [0.2, 0.25) is 6.04 Å². The van der Waals surface area contributed by atoms with Crippen molar-refractivity contribution in [3.05, 3.63) is 45.6 Å². The molecule has 1 fully saturated rings. The number of benzene rings is 1. The van der Waals surface area contributed by atoms with Crippen LogP contribution in [0.25, 0.3) is 10.9 Å². The molecule has 1 unspecified atom stereocenters. The van der Waals surface area contributed by atoms with Crippen LogP contribution in [0.2, 0.25) is 0 Å². The molecular formula is C14H15N3O2. The summed E-state index contributed by atoms with van der Waals surface area (Å²) in [5.74, 6) is 0.260. The van der Waals surface area contributed by atoms with Gasteiger partial charge >= 0.3 is 0 Å². The first-order valence-electron chi connectivity index (χ1n) is 6.70. The summed E-state index contributed by atoms with van der Waals surface area (Å²) < 4.78 is 0. The molecule has 1 aromatic heterocycles. The van der Waals surface area contributed by atoms with Crippen molar-refractivity contribution in [1.29, 1.82) is 0 Å². The van der Waals surface area contributed by atoms with Crippen LogP contribution in [0.4, 0.5) is 0 Å². The topological polar surface area (TPSA) is 71.0 Å². The van der Waals surface area contributed by atoms with Gasteiger partial charge in [-0.2, -0.15) is 0 Å². The molecule has 1 saturated heterocycles. The number of aromatic nitrogens is 1. The van der Waals surface area contributed by atoms with Gasteiger partial charge in [-0.1, -0.05) is 12.1 Å². The highest BCUT2D eigenvalue weighted by Crippen LogP contribution is 2.40. The summed E-state index contributed by atoms with van der Waals surface area (Å²) in [6.07, 6.45) is 3.69. The number of aromatic amines is 1. The maximum absolute atomic E-state index is 11.0. The summed E-state index contributed by atoms with van der Waals surface area (Å²) in [7, 11) is 0. The van der Waals surface area contributed by atoms with E-state index in [-0.39, 0.29) is 10.8 Å². The summed E-state index contributed by atoms with van der Waals surface area (Å²) in [4.78, 5) is 14.2. The molecule has 19 heavy (non-hydrogen) atoms. The normalized spacial score (nSPS) is 29.2. The van der Waals surface area contributed by atoms with Gasteiger partial charge in [0.05, 0.1) is 6.54 Å². The molecule has 0 radical (unpaired) electrons. The van der Waals surface area contributed by atoms with E-state index in [1.165, 1.54) is 16.5 Å². The van der Waals surface area contributed by atoms with Crippen molar-refractivity contribution in [3.63, 3.8) is 0 Å². The summed E-state index contributed by atoms with van der Waals surface area (Å²) in [6, 6.07) is 6.11. The van der Waals surface area contributed by atoms with Gasteiger partial charge in [-0.15, -0.1) is 0 Å². The molecule has 0 spiro atoms. The second-order valence-electron chi connectivity index (χ2n) is 5.58. The predicted molar refractivity (Wildman–Crippen MR) is 71.9 cm³/mol. The molecule has 2 aliphatic rings. The van der Waals surface area contributed by atoms with Crippen molar-refractivity contribution in [1.82, 2.24) is 10.3 Å².